The molecule has 0 fully saturated rings. The topological polar surface area (TPSA) is 43.3 Å². The van der Waals surface area contributed by atoms with E-state index >= 15 is 0 Å². The number of benzene rings is 1. The van der Waals surface area contributed by atoms with Crippen LogP contribution in [-0.2, 0) is 6.54 Å². The highest BCUT2D eigenvalue weighted by Crippen LogP contribution is 2.29. The molecule has 3 rings (SSSR count). The maximum absolute atomic E-state index is 12.5. The Morgan fingerprint density at radius 1 is 1.38 bits per heavy atom. The number of thiophene rings is 1. The number of aromatic nitrogens is 1. The quantitative estimate of drug-likeness (QED) is 0.690. The largest absolute Gasteiger partial charge is 0.497 e. The van der Waals surface area contributed by atoms with E-state index in [1.807, 2.05) is 30.3 Å². The van der Waals surface area contributed by atoms with E-state index in [-0.39, 0.29) is 5.91 Å². The van der Waals surface area contributed by atoms with Crippen LogP contribution in [0.1, 0.15) is 20.9 Å². The molecule has 0 aliphatic rings. The summed E-state index contributed by atoms with van der Waals surface area (Å²) in [7, 11) is 1.66. The van der Waals surface area contributed by atoms with E-state index in [1.54, 1.807) is 24.5 Å². The Hall–Kier alpha value is -2.53. The predicted octanol–water partition coefficient (Wildman–Crippen LogP) is 3.98. The molecule has 0 saturated heterocycles. The summed E-state index contributed by atoms with van der Waals surface area (Å²) in [6.45, 7) is 6.80. The van der Waals surface area contributed by atoms with Gasteiger partial charge < -0.3 is 14.6 Å². The first kappa shape index (κ1) is 16.3. The van der Waals surface area contributed by atoms with Crippen molar-refractivity contribution in [2.75, 3.05) is 13.7 Å². The van der Waals surface area contributed by atoms with Crippen LogP contribution in [0.3, 0.4) is 0 Å². The van der Waals surface area contributed by atoms with E-state index in [2.05, 4.69) is 29.5 Å². The van der Waals surface area contributed by atoms with Crippen LogP contribution in [0.25, 0.3) is 10.2 Å². The second-order valence-electron chi connectivity index (χ2n) is 5.57. The first-order valence-electron chi connectivity index (χ1n) is 7.74. The zero-order valence-electron chi connectivity index (χ0n) is 13.8. The standard InChI is InChI=1S/C19H20N2O2S/c1-4-8-20-19(22)17-11-18-16(9-13(2)24-18)21(17)12-14-6-5-7-15(10-14)23-3/h4-7,9-11H,1,8,12H2,2-3H3,(H,20,22). The predicted molar refractivity (Wildman–Crippen MR) is 99.2 cm³/mol. The number of carbonyl (C=O) groups excluding carboxylic acids is 1. The van der Waals surface area contributed by atoms with Crippen molar-refractivity contribution >= 4 is 27.5 Å². The van der Waals surface area contributed by atoms with E-state index < -0.39 is 0 Å². The van der Waals surface area contributed by atoms with Crippen LogP contribution in [0.2, 0.25) is 0 Å². The maximum Gasteiger partial charge on any atom is 0.268 e. The Balaban J connectivity index is 2.02. The minimum atomic E-state index is -0.0844. The number of hydrogen-bond acceptors (Lipinski definition) is 3. The van der Waals surface area contributed by atoms with Gasteiger partial charge in [0.15, 0.2) is 0 Å². The third kappa shape index (κ3) is 3.21. The Kier molecular flexibility index (Phi) is 4.71. The van der Waals surface area contributed by atoms with E-state index in [9.17, 15) is 4.79 Å². The number of rotatable bonds is 6. The summed E-state index contributed by atoms with van der Waals surface area (Å²) >= 11 is 1.70. The minimum Gasteiger partial charge on any atom is -0.497 e. The van der Waals surface area contributed by atoms with Crippen molar-refractivity contribution in [2.24, 2.45) is 0 Å². The lowest BCUT2D eigenvalue weighted by atomic mass is 10.2. The van der Waals surface area contributed by atoms with E-state index in [4.69, 9.17) is 4.74 Å². The van der Waals surface area contributed by atoms with Crippen molar-refractivity contribution in [3.05, 3.63) is 65.2 Å². The van der Waals surface area contributed by atoms with Gasteiger partial charge in [0.25, 0.3) is 5.91 Å². The third-order valence-corrected chi connectivity index (χ3v) is 4.81. The molecule has 0 radical (unpaired) electrons. The van der Waals surface area contributed by atoms with Gasteiger partial charge in [-0.3, -0.25) is 4.79 Å². The Bertz CT molecular complexity index is 892. The molecule has 1 amide bonds. The Labute approximate surface area is 145 Å². The first-order valence-corrected chi connectivity index (χ1v) is 8.55. The second-order valence-corrected chi connectivity index (χ2v) is 6.86. The number of methoxy groups -OCH3 is 1. The van der Waals surface area contributed by atoms with E-state index in [0.29, 0.717) is 18.8 Å². The van der Waals surface area contributed by atoms with Crippen molar-refractivity contribution in [1.82, 2.24) is 9.88 Å². The summed E-state index contributed by atoms with van der Waals surface area (Å²) in [5.74, 6) is 0.730. The summed E-state index contributed by atoms with van der Waals surface area (Å²) in [5, 5.41) is 2.86. The van der Waals surface area contributed by atoms with E-state index in [0.717, 1.165) is 21.5 Å². The van der Waals surface area contributed by atoms with Crippen LogP contribution < -0.4 is 10.1 Å². The summed E-state index contributed by atoms with van der Waals surface area (Å²) in [6, 6.07) is 12.0. The summed E-state index contributed by atoms with van der Waals surface area (Å²) in [6.07, 6.45) is 1.68. The third-order valence-electron chi connectivity index (χ3n) is 3.83. The second kappa shape index (κ2) is 6.93. The van der Waals surface area contributed by atoms with Crippen molar-refractivity contribution in [3.63, 3.8) is 0 Å². The van der Waals surface area contributed by atoms with E-state index in [1.165, 1.54) is 4.88 Å². The number of hydrogen-bond donors (Lipinski definition) is 1. The highest BCUT2D eigenvalue weighted by molar-refractivity contribution is 7.19. The highest BCUT2D eigenvalue weighted by Gasteiger charge is 2.17. The molecule has 0 atom stereocenters. The smallest absolute Gasteiger partial charge is 0.268 e. The molecule has 0 aliphatic heterocycles. The molecule has 2 heterocycles. The Morgan fingerprint density at radius 2 is 2.21 bits per heavy atom. The molecule has 0 spiro atoms. The molecule has 0 unspecified atom stereocenters. The lowest BCUT2D eigenvalue weighted by Crippen LogP contribution is -2.26. The fraction of sp³-hybridized carbons (Fsp3) is 0.211. The molecule has 2 aromatic heterocycles. The van der Waals surface area contributed by atoms with Gasteiger partial charge in [0, 0.05) is 18.0 Å². The highest BCUT2D eigenvalue weighted by atomic mass is 32.1. The molecule has 3 aromatic rings. The normalized spacial score (nSPS) is 10.8. The molecule has 0 bridgehead atoms. The summed E-state index contributed by atoms with van der Waals surface area (Å²) in [4.78, 5) is 13.7. The molecule has 0 aliphatic carbocycles. The lowest BCUT2D eigenvalue weighted by Gasteiger charge is -2.11. The molecule has 1 aromatic carbocycles. The fourth-order valence-corrected chi connectivity index (χ4v) is 3.69. The number of nitrogens with zero attached hydrogens (tertiary/aromatic N) is 1. The zero-order chi connectivity index (χ0) is 17.1. The number of aryl methyl sites for hydroxylation is 1. The van der Waals surface area contributed by atoms with Crippen molar-refractivity contribution < 1.29 is 9.53 Å². The van der Waals surface area contributed by atoms with Gasteiger partial charge in [-0.2, -0.15) is 0 Å². The van der Waals surface area contributed by atoms with Crippen LogP contribution in [0.15, 0.2) is 49.1 Å². The molecule has 1 N–H and O–H groups in total. The SMILES string of the molecule is C=CCNC(=O)c1cc2sc(C)cc2n1Cc1cccc(OC)c1. The van der Waals surface area contributed by atoms with Crippen molar-refractivity contribution in [2.45, 2.75) is 13.5 Å². The lowest BCUT2D eigenvalue weighted by molar-refractivity contribution is 0.0949. The summed E-state index contributed by atoms with van der Waals surface area (Å²) in [5.41, 5.74) is 2.85. The van der Waals surface area contributed by atoms with Gasteiger partial charge in [-0.25, -0.2) is 0 Å². The number of nitrogens with one attached hydrogen (secondary N) is 1. The molecule has 5 heteroatoms. The Morgan fingerprint density at radius 3 is 2.96 bits per heavy atom. The molecule has 24 heavy (non-hydrogen) atoms. The van der Waals surface area contributed by atoms with Crippen LogP contribution in [0.4, 0.5) is 0 Å². The first-order chi connectivity index (χ1) is 11.6. The van der Waals surface area contributed by atoms with Crippen LogP contribution in [-0.4, -0.2) is 24.1 Å². The van der Waals surface area contributed by atoms with Gasteiger partial charge in [-0.1, -0.05) is 18.2 Å². The van der Waals surface area contributed by atoms with Crippen LogP contribution >= 0.6 is 11.3 Å². The zero-order valence-corrected chi connectivity index (χ0v) is 14.7. The minimum absolute atomic E-state index is 0.0844. The molecule has 0 saturated carbocycles. The molecule has 4 nitrogen and oxygen atoms in total. The van der Waals surface area contributed by atoms with Gasteiger partial charge in [-0.05, 0) is 36.8 Å². The van der Waals surface area contributed by atoms with Crippen LogP contribution in [0, 0.1) is 6.92 Å². The molecule has 124 valence electrons. The number of amides is 1. The van der Waals surface area contributed by atoms with Gasteiger partial charge in [-0.15, -0.1) is 17.9 Å². The molecular weight excluding hydrogens is 320 g/mol. The molecular formula is C19H20N2O2S. The van der Waals surface area contributed by atoms with Crippen LogP contribution in [0.5, 0.6) is 5.75 Å². The number of ether oxygens (including phenoxy) is 1. The van der Waals surface area contributed by atoms with Crippen molar-refractivity contribution in [3.8, 4) is 5.75 Å². The van der Waals surface area contributed by atoms with Gasteiger partial charge in [0.2, 0.25) is 0 Å². The van der Waals surface area contributed by atoms with Crippen molar-refractivity contribution in [1.29, 1.82) is 0 Å². The average molecular weight is 340 g/mol. The number of fused-ring (bicyclic) bond motifs is 1. The summed E-state index contributed by atoms with van der Waals surface area (Å²) < 4.78 is 8.48. The fourth-order valence-electron chi connectivity index (χ4n) is 2.73. The van der Waals surface area contributed by atoms with Gasteiger partial charge in [0.05, 0.1) is 17.3 Å². The number of carbonyl (C=O) groups is 1. The maximum atomic E-state index is 12.5. The monoisotopic (exact) mass is 340 g/mol. The average Bonchev–Trinajstić information content (AvgIpc) is 3.10. The van der Waals surface area contributed by atoms with Gasteiger partial charge >= 0.3 is 0 Å². The van der Waals surface area contributed by atoms with Gasteiger partial charge in [0.1, 0.15) is 11.4 Å².